The second kappa shape index (κ2) is 14.7. The van der Waals surface area contributed by atoms with E-state index < -0.39 is 23.7 Å². The van der Waals surface area contributed by atoms with Crippen LogP contribution >= 0.6 is 0 Å². The van der Waals surface area contributed by atoms with Gasteiger partial charge in [-0.05, 0) is 80.1 Å². The minimum atomic E-state index is -1.09. The molecule has 4 aliphatic rings. The largest absolute Gasteiger partial charge is 0.388 e. The zero-order valence-electron chi connectivity index (χ0n) is 30.7. The van der Waals surface area contributed by atoms with Crippen LogP contribution in [0.5, 0.6) is 0 Å². The Bertz CT molecular complexity index is 2220. The van der Waals surface area contributed by atoms with Gasteiger partial charge in [-0.2, -0.15) is 0 Å². The van der Waals surface area contributed by atoms with Crippen LogP contribution in [0, 0.1) is 23.7 Å². The van der Waals surface area contributed by atoms with E-state index in [1.165, 1.54) is 9.13 Å². The van der Waals surface area contributed by atoms with Crippen LogP contribution < -0.4 is 15.9 Å². The molecule has 0 bridgehead atoms. The van der Waals surface area contributed by atoms with E-state index in [-0.39, 0.29) is 48.7 Å². The fourth-order valence-corrected chi connectivity index (χ4v) is 8.92. The number of piperidine rings is 4. The molecule has 3 aromatic carbocycles. The molecule has 3 atom stereocenters. The predicted molar refractivity (Wildman–Crippen MR) is 205 cm³/mol. The molecule has 0 aliphatic carbocycles. The summed E-state index contributed by atoms with van der Waals surface area (Å²) in [5.74, 6) is 5.35. The highest BCUT2D eigenvalue weighted by Gasteiger charge is 2.40. The lowest BCUT2D eigenvalue weighted by Crippen LogP contribution is -2.55. The number of hydrogen-bond donors (Lipinski definition) is 2. The molecule has 0 saturated carbocycles. The Hall–Kier alpha value is -4.99. The van der Waals surface area contributed by atoms with E-state index >= 15 is 4.39 Å². The van der Waals surface area contributed by atoms with E-state index in [4.69, 9.17) is 0 Å². The number of imide groups is 1. The number of halogens is 1. The maximum Gasteiger partial charge on any atom is 0.329 e. The number of aromatic nitrogens is 2. The molecule has 12 heteroatoms. The number of likely N-dealkylation sites (tertiary alicyclic amines) is 2. The van der Waals surface area contributed by atoms with Gasteiger partial charge in [-0.15, -0.1) is 0 Å². The van der Waals surface area contributed by atoms with Crippen molar-refractivity contribution in [2.45, 2.75) is 62.8 Å². The van der Waals surface area contributed by atoms with Crippen molar-refractivity contribution in [2.75, 3.05) is 50.7 Å². The summed E-state index contributed by atoms with van der Waals surface area (Å²) in [5, 5.41) is 16.1. The predicted octanol–water partition coefficient (Wildman–Crippen LogP) is 3.75. The second-order valence-corrected chi connectivity index (χ2v) is 15.6. The number of amides is 3. The highest BCUT2D eigenvalue weighted by Crippen LogP contribution is 2.32. The molecule has 4 fully saturated rings. The van der Waals surface area contributed by atoms with E-state index in [0.29, 0.717) is 82.4 Å². The highest BCUT2D eigenvalue weighted by atomic mass is 19.1. The monoisotopic (exact) mass is 734 g/mol. The molecule has 54 heavy (non-hydrogen) atoms. The molecule has 0 radical (unpaired) electrons. The number of carbonyl (C=O) groups excluding carboxylic acids is 3. The molecule has 4 saturated heterocycles. The van der Waals surface area contributed by atoms with Gasteiger partial charge in [0.05, 0.1) is 22.6 Å². The molecule has 5 heterocycles. The maximum atomic E-state index is 15.4. The Labute approximate surface area is 313 Å². The number of anilines is 1. The fourth-order valence-electron chi connectivity index (χ4n) is 8.92. The van der Waals surface area contributed by atoms with Gasteiger partial charge in [0.15, 0.2) is 0 Å². The normalized spacial score (nSPS) is 24.0. The Balaban J connectivity index is 0.821. The van der Waals surface area contributed by atoms with Gasteiger partial charge >= 0.3 is 5.69 Å². The van der Waals surface area contributed by atoms with Crippen LogP contribution in [0.25, 0.3) is 21.8 Å². The number of nitrogens with one attached hydrogen (secondary N) is 1. The summed E-state index contributed by atoms with van der Waals surface area (Å²) in [6, 6.07) is 19.1. The summed E-state index contributed by atoms with van der Waals surface area (Å²) < 4.78 is 18.4. The summed E-state index contributed by atoms with van der Waals surface area (Å²) in [5.41, 5.74) is 1.95. The van der Waals surface area contributed by atoms with Gasteiger partial charge in [0.25, 0.3) is 0 Å². The van der Waals surface area contributed by atoms with Crippen molar-refractivity contribution < 1.29 is 23.9 Å². The van der Waals surface area contributed by atoms with Gasteiger partial charge in [-0.1, -0.05) is 48.2 Å². The number of aryl methyl sites for hydroxylation is 1. The minimum absolute atomic E-state index is 0.101. The summed E-state index contributed by atoms with van der Waals surface area (Å²) in [6.07, 6.45) is 2.32. The second-order valence-electron chi connectivity index (χ2n) is 15.6. The summed E-state index contributed by atoms with van der Waals surface area (Å²) in [4.78, 5) is 57.2. The molecule has 11 nitrogen and oxygen atoms in total. The molecule has 1 unspecified atom stereocenters. The number of alkyl halides is 1. The van der Waals surface area contributed by atoms with Crippen LogP contribution in [0.2, 0.25) is 0 Å². The molecule has 2 N–H and O–H groups in total. The average Bonchev–Trinajstić information content (AvgIpc) is 3.42. The van der Waals surface area contributed by atoms with Gasteiger partial charge in [0, 0.05) is 69.9 Å². The first-order valence-corrected chi connectivity index (χ1v) is 19.2. The van der Waals surface area contributed by atoms with Crippen LogP contribution in [-0.4, -0.2) is 99.3 Å². The number of imidazole rings is 1. The Morgan fingerprint density at radius 2 is 1.69 bits per heavy atom. The van der Waals surface area contributed by atoms with Gasteiger partial charge in [-0.25, -0.2) is 9.18 Å². The first-order chi connectivity index (χ1) is 26.1. The first-order valence-electron chi connectivity index (χ1n) is 19.2. The zero-order chi connectivity index (χ0) is 37.6. The van der Waals surface area contributed by atoms with Gasteiger partial charge in [0.2, 0.25) is 17.7 Å². The number of carbonyl (C=O) groups is 3. The zero-order valence-corrected chi connectivity index (χ0v) is 30.7. The van der Waals surface area contributed by atoms with Crippen molar-refractivity contribution >= 4 is 45.2 Å². The van der Waals surface area contributed by atoms with E-state index in [1.54, 1.807) is 7.05 Å². The molecular formula is C42H47FN6O5. The summed E-state index contributed by atoms with van der Waals surface area (Å²) >= 11 is 0. The number of aliphatic hydroxyl groups is 1. The van der Waals surface area contributed by atoms with Crippen LogP contribution in [0.1, 0.15) is 56.6 Å². The third-order valence-electron chi connectivity index (χ3n) is 12.1. The SMILES string of the molecule is Cn1c(=O)n(C2CCC(=O)NC2=O)c2ccc(N3CCC(C(=O)N4CCC(O)(CN5CC[C@@H](C#Cc6cccc7ccccc67)[C@@H](F)C5)CC4)CC3)cc21. The molecule has 4 aliphatic heterocycles. The molecular weight excluding hydrogens is 687 g/mol. The standard InChI is InChI=1S/C42H47FN6O5/c1-45-37-25-32(11-12-35(37)49(41(45)53)36-13-14-38(50)44-39(36)51)47-21-16-31(17-22-47)40(52)48-23-18-42(54,19-24-48)27-46-20-15-30(34(43)26-46)10-9-29-7-4-6-28-5-2-3-8-33(28)29/h2-8,11-12,25,30-31,34,36,54H,13-24,26-27H2,1H3,(H,44,50,51)/t30-,34+,36?/m1/s1. The van der Waals surface area contributed by atoms with E-state index in [9.17, 15) is 24.3 Å². The van der Waals surface area contributed by atoms with Gasteiger partial charge in [0.1, 0.15) is 12.2 Å². The smallest absolute Gasteiger partial charge is 0.329 e. The number of nitrogens with zero attached hydrogens (tertiary/aromatic N) is 5. The van der Waals surface area contributed by atoms with Crippen LogP contribution in [0.15, 0.2) is 65.5 Å². The van der Waals surface area contributed by atoms with Crippen molar-refractivity contribution in [3.8, 4) is 11.8 Å². The third-order valence-corrected chi connectivity index (χ3v) is 12.1. The Kier molecular flexibility index (Phi) is 9.79. The van der Waals surface area contributed by atoms with E-state index in [2.05, 4.69) is 34.2 Å². The number of rotatable bonds is 5. The topological polar surface area (TPSA) is 120 Å². The first kappa shape index (κ1) is 36.0. The number of fused-ring (bicyclic) bond motifs is 2. The van der Waals surface area contributed by atoms with Gasteiger partial charge < -0.3 is 14.9 Å². The number of β-amino-alcohol motifs (C(OH)–C–C–N with tert-alkyl or cyclic N) is 1. The van der Waals surface area contributed by atoms with Crippen LogP contribution in [0.3, 0.4) is 0 Å². The van der Waals surface area contributed by atoms with Crippen molar-refractivity contribution in [2.24, 2.45) is 18.9 Å². The molecule has 1 aromatic heterocycles. The van der Waals surface area contributed by atoms with E-state index in [0.717, 1.165) is 22.0 Å². The highest BCUT2D eigenvalue weighted by molar-refractivity contribution is 6.00. The van der Waals surface area contributed by atoms with Gasteiger partial charge in [-0.3, -0.25) is 33.7 Å². The maximum absolute atomic E-state index is 15.4. The molecule has 0 spiro atoms. The lowest BCUT2D eigenvalue weighted by Gasteiger charge is -2.44. The Morgan fingerprint density at radius 3 is 2.44 bits per heavy atom. The quantitative estimate of drug-likeness (QED) is 0.237. The van der Waals surface area contributed by atoms with Crippen molar-refractivity contribution in [1.29, 1.82) is 0 Å². The number of benzene rings is 3. The molecule has 4 aromatic rings. The van der Waals surface area contributed by atoms with E-state index in [1.807, 2.05) is 58.3 Å². The summed E-state index contributed by atoms with van der Waals surface area (Å²) in [7, 11) is 1.69. The number of hydrogen-bond acceptors (Lipinski definition) is 7. The average molecular weight is 735 g/mol. The molecule has 8 rings (SSSR count). The van der Waals surface area contributed by atoms with Crippen molar-refractivity contribution in [1.82, 2.24) is 24.3 Å². The molecule has 282 valence electrons. The van der Waals surface area contributed by atoms with Crippen molar-refractivity contribution in [3.05, 3.63) is 76.7 Å². The van der Waals surface area contributed by atoms with Crippen LogP contribution in [-0.2, 0) is 21.4 Å². The third kappa shape index (κ3) is 7.03. The lowest BCUT2D eigenvalue weighted by molar-refractivity contribution is -0.141. The fraction of sp³-hybridized carbons (Fsp3) is 0.476. The summed E-state index contributed by atoms with van der Waals surface area (Å²) in [6.45, 7) is 3.65. The van der Waals surface area contributed by atoms with Crippen molar-refractivity contribution in [3.63, 3.8) is 0 Å². The Morgan fingerprint density at radius 1 is 0.926 bits per heavy atom. The molecule has 3 amide bonds. The lowest BCUT2D eigenvalue weighted by atomic mass is 9.87. The van der Waals surface area contributed by atoms with Crippen LogP contribution in [0.4, 0.5) is 10.1 Å². The minimum Gasteiger partial charge on any atom is -0.388 e.